The van der Waals surface area contributed by atoms with E-state index in [9.17, 15) is 42.8 Å². The van der Waals surface area contributed by atoms with Gasteiger partial charge >= 0.3 is 48.1 Å². The van der Waals surface area contributed by atoms with Crippen LogP contribution in [0.1, 0.15) is 0 Å². The average molecular weight is 591 g/mol. The molecule has 0 atom stereocenters. The van der Waals surface area contributed by atoms with Crippen molar-refractivity contribution in [2.75, 3.05) is 0 Å². The minimum atomic E-state index is -5.46. The molecule has 21 heavy (non-hydrogen) atoms. The molecule has 0 aromatic carbocycles. The topological polar surface area (TPSA) is 266 Å². The molecular weight excluding hydrogens is 591 g/mol. The molecule has 0 rings (SSSR count). The molecule has 0 unspecified atom stereocenters. The van der Waals surface area contributed by atoms with Gasteiger partial charge in [-0.2, -0.15) is 16.8 Å². The van der Waals surface area contributed by atoms with Gasteiger partial charge in [0.1, 0.15) is 0 Å². The van der Waals surface area contributed by atoms with Crippen molar-refractivity contribution >= 4 is 68.9 Å². The number of hydrogen-bond donors (Lipinski definition) is 0. The molecule has 0 bridgehead atoms. The predicted molar refractivity (Wildman–Crippen MR) is 47.3 cm³/mol. The maximum Gasteiger partial charge on any atom is 4.00 e. The molecule has 0 spiro atoms. The van der Waals surface area contributed by atoms with Gasteiger partial charge in [0.25, 0.3) is 0 Å². The Morgan fingerprint density at radius 3 is 0.810 bits per heavy atom. The van der Waals surface area contributed by atoms with Crippen molar-refractivity contribution in [1.82, 2.24) is 0 Å². The second-order valence-corrected chi connectivity index (χ2v) is 6.53. The number of rotatable bonds is 6. The molecule has 0 aromatic heterocycles. The first-order valence-corrected chi connectivity index (χ1v) is 8.33. The van der Waals surface area contributed by atoms with E-state index in [-0.39, 0.29) is 27.3 Å². The summed E-state index contributed by atoms with van der Waals surface area (Å²) in [6.07, 6.45) is 0. The summed E-state index contributed by atoms with van der Waals surface area (Å²) in [6.45, 7) is 0. The normalized spacial score (nSPS) is 12.8. The summed E-state index contributed by atoms with van der Waals surface area (Å²) < 4.78 is 105. The molecule has 0 saturated carbocycles. The smallest absolute Gasteiger partial charge is 0.725 e. The van der Waals surface area contributed by atoms with Gasteiger partial charge in [-0.3, -0.25) is 0 Å². The summed E-state index contributed by atoms with van der Waals surface area (Å²) in [5, 5.41) is 18.0. The van der Waals surface area contributed by atoms with E-state index in [1.807, 2.05) is 0 Å². The minimum absolute atomic E-state index is 0. The van der Waals surface area contributed by atoms with Gasteiger partial charge in [0, 0.05) is 0 Å². The van der Waals surface area contributed by atoms with Crippen molar-refractivity contribution in [3.8, 4) is 0 Å². The SMILES string of the molecule is O=S(=O)([O-])OS(=O)(=O)O[O-].O=S(=O)([O-])OS(=O)(=O)O[O-].[Pb+4]. The largest absolute Gasteiger partial charge is 4.00 e. The third-order valence-corrected chi connectivity index (χ3v) is 3.50. The molecule has 0 saturated heterocycles. The van der Waals surface area contributed by atoms with Gasteiger partial charge in [0.05, 0.1) is 0 Å². The monoisotopic (exact) mass is 592 g/mol. The maximum atomic E-state index is 9.68. The van der Waals surface area contributed by atoms with Crippen LogP contribution in [0.15, 0.2) is 0 Å². The van der Waals surface area contributed by atoms with E-state index in [1.165, 1.54) is 0 Å². The molecule has 16 nitrogen and oxygen atoms in total. The van der Waals surface area contributed by atoms with Crippen molar-refractivity contribution < 1.29 is 69.2 Å². The summed E-state index contributed by atoms with van der Waals surface area (Å²) in [5.41, 5.74) is 0. The zero-order valence-corrected chi connectivity index (χ0v) is 15.8. The van der Waals surface area contributed by atoms with Crippen molar-refractivity contribution in [3.63, 3.8) is 0 Å². The van der Waals surface area contributed by atoms with Crippen LogP contribution in [0.2, 0.25) is 0 Å². The van der Waals surface area contributed by atoms with Crippen LogP contribution < -0.4 is 10.5 Å². The average Bonchev–Trinajstić information content (AvgIpc) is 2.11. The Morgan fingerprint density at radius 1 is 0.571 bits per heavy atom. The summed E-state index contributed by atoms with van der Waals surface area (Å²) in [6, 6.07) is 0. The van der Waals surface area contributed by atoms with E-state index in [0.29, 0.717) is 0 Å². The Labute approximate surface area is 137 Å². The van der Waals surface area contributed by atoms with Gasteiger partial charge < -0.3 is 28.3 Å². The standard InChI is InChI=1S/2H2O8S2.Pb/c2*1-7-10(5,6)8-9(2,3)4;/h2*1H,(H,2,3,4);/q;;+4/p-4. The van der Waals surface area contributed by atoms with Crippen LogP contribution >= 0.6 is 0 Å². The summed E-state index contributed by atoms with van der Waals surface area (Å²) in [7, 11) is -21.4. The first-order valence-electron chi connectivity index (χ1n) is 3.00. The summed E-state index contributed by atoms with van der Waals surface area (Å²) >= 11 is 0. The number of hydrogen-bond acceptors (Lipinski definition) is 16. The van der Waals surface area contributed by atoms with E-state index < -0.39 is 41.6 Å². The van der Waals surface area contributed by atoms with Crippen LogP contribution in [0.5, 0.6) is 0 Å². The fourth-order valence-corrected chi connectivity index (χ4v) is 2.04. The van der Waals surface area contributed by atoms with Gasteiger partial charge in [-0.05, 0) is 0 Å². The molecule has 0 aliphatic rings. The minimum Gasteiger partial charge on any atom is -0.725 e. The van der Waals surface area contributed by atoms with E-state index in [0.717, 1.165) is 0 Å². The van der Waals surface area contributed by atoms with Crippen LogP contribution in [-0.2, 0) is 57.5 Å². The molecule has 0 aliphatic heterocycles. The molecule has 0 amide bonds. The maximum absolute atomic E-state index is 9.68. The predicted octanol–water partition coefficient (Wildman–Crippen LogP) is -6.38. The molecule has 0 aromatic rings. The molecule has 124 valence electrons. The van der Waals surface area contributed by atoms with Gasteiger partial charge in [-0.15, -0.1) is 7.26 Å². The summed E-state index contributed by atoms with van der Waals surface area (Å²) in [4.78, 5) is 0. The Balaban J connectivity index is -0.000000295. The third-order valence-electron chi connectivity index (χ3n) is 0.500. The zero-order chi connectivity index (χ0) is 16.8. The Bertz CT molecular complexity index is 620. The third kappa shape index (κ3) is 20.4. The van der Waals surface area contributed by atoms with Crippen LogP contribution in [-0.4, -0.2) is 70.1 Å². The second-order valence-electron chi connectivity index (χ2n) is 1.91. The molecular formula is O16PbS4. The van der Waals surface area contributed by atoms with Crippen LogP contribution in [0.25, 0.3) is 0 Å². The first-order chi connectivity index (χ1) is 8.54. The van der Waals surface area contributed by atoms with Crippen LogP contribution in [0.3, 0.4) is 0 Å². The Morgan fingerprint density at radius 2 is 0.762 bits per heavy atom. The molecule has 21 heteroatoms. The summed E-state index contributed by atoms with van der Waals surface area (Å²) in [5.74, 6) is 0. The zero-order valence-electron chi connectivity index (χ0n) is 8.66. The van der Waals surface area contributed by atoms with Gasteiger partial charge in [-0.25, -0.2) is 16.8 Å². The van der Waals surface area contributed by atoms with E-state index >= 15 is 0 Å². The fourth-order valence-electron chi connectivity index (χ4n) is 0.227. The first kappa shape index (κ1) is 26.3. The van der Waals surface area contributed by atoms with Crippen molar-refractivity contribution in [2.24, 2.45) is 0 Å². The van der Waals surface area contributed by atoms with Gasteiger partial charge in [0.2, 0.25) is 20.8 Å². The molecule has 0 fully saturated rings. The Hall–Kier alpha value is 0.402. The molecule has 0 N–H and O–H groups in total. The quantitative estimate of drug-likeness (QED) is 0.0913. The van der Waals surface area contributed by atoms with Crippen LogP contribution in [0.4, 0.5) is 0 Å². The fraction of sp³-hybridized carbons (Fsp3) is 0. The Kier molecular flexibility index (Phi) is 11.9. The van der Waals surface area contributed by atoms with Crippen molar-refractivity contribution in [1.29, 1.82) is 0 Å². The van der Waals surface area contributed by atoms with Crippen molar-refractivity contribution in [2.45, 2.75) is 0 Å². The van der Waals surface area contributed by atoms with E-state index in [2.05, 4.69) is 15.9 Å². The molecule has 0 heterocycles. The second kappa shape index (κ2) is 9.52. The van der Waals surface area contributed by atoms with E-state index in [4.69, 9.17) is 10.5 Å². The van der Waals surface area contributed by atoms with E-state index in [1.54, 1.807) is 0 Å². The van der Waals surface area contributed by atoms with Crippen molar-refractivity contribution in [3.05, 3.63) is 0 Å². The van der Waals surface area contributed by atoms with Gasteiger partial charge in [-0.1, -0.05) is 0 Å². The van der Waals surface area contributed by atoms with Crippen LogP contribution in [0, 0.1) is 0 Å². The molecule has 0 aliphatic carbocycles. The molecule has 0 radical (unpaired) electrons. The van der Waals surface area contributed by atoms with Gasteiger partial charge in [0.15, 0.2) is 0 Å².